The molecule has 0 spiro atoms. The van der Waals surface area contributed by atoms with Crippen molar-refractivity contribution in [3.05, 3.63) is 150 Å². The van der Waals surface area contributed by atoms with Crippen LogP contribution in [0.1, 0.15) is 22.4 Å². The summed E-state index contributed by atoms with van der Waals surface area (Å²) < 4.78 is 11.9. The third-order valence-electron chi connectivity index (χ3n) is 6.89. The van der Waals surface area contributed by atoms with E-state index in [-0.39, 0.29) is 0 Å². The number of furan rings is 1. The van der Waals surface area contributed by atoms with Crippen LogP contribution < -0.4 is 4.74 Å². The second kappa shape index (κ2) is 8.57. The van der Waals surface area contributed by atoms with Crippen molar-refractivity contribution in [1.29, 1.82) is 0 Å². The fourth-order valence-corrected chi connectivity index (χ4v) is 5.40. The molecule has 7 rings (SSSR count). The Labute approximate surface area is 214 Å². The fourth-order valence-electron chi connectivity index (χ4n) is 5.40. The molecule has 0 fully saturated rings. The lowest BCUT2D eigenvalue weighted by molar-refractivity contribution is 0.346. The van der Waals surface area contributed by atoms with E-state index in [4.69, 9.17) is 14.1 Å². The largest absolute Gasteiger partial charge is 0.433 e. The van der Waals surface area contributed by atoms with Crippen LogP contribution in [0.15, 0.2) is 132 Å². The van der Waals surface area contributed by atoms with Crippen LogP contribution in [0.2, 0.25) is 0 Å². The zero-order chi connectivity index (χ0) is 24.7. The van der Waals surface area contributed by atoms with Gasteiger partial charge in [-0.25, -0.2) is 9.97 Å². The molecule has 0 atom stereocenters. The van der Waals surface area contributed by atoms with E-state index >= 15 is 0 Å². The maximum atomic E-state index is 6.19. The molecule has 0 amide bonds. The van der Waals surface area contributed by atoms with Gasteiger partial charge in [-0.1, -0.05) is 66.7 Å². The van der Waals surface area contributed by atoms with Gasteiger partial charge < -0.3 is 9.15 Å². The molecule has 0 N–H and O–H groups in total. The van der Waals surface area contributed by atoms with Crippen LogP contribution in [-0.4, -0.2) is 15.0 Å². The molecule has 0 saturated heterocycles. The van der Waals surface area contributed by atoms with Crippen LogP contribution in [0.4, 0.5) is 0 Å². The van der Waals surface area contributed by atoms with E-state index < -0.39 is 5.41 Å². The van der Waals surface area contributed by atoms with Crippen molar-refractivity contribution >= 4 is 0 Å². The predicted octanol–water partition coefficient (Wildman–Crippen LogP) is 7.29. The van der Waals surface area contributed by atoms with E-state index in [1.54, 1.807) is 30.8 Å². The minimum absolute atomic E-state index is 0.374. The van der Waals surface area contributed by atoms with Gasteiger partial charge in [-0.05, 0) is 58.1 Å². The Morgan fingerprint density at radius 2 is 1.32 bits per heavy atom. The molecule has 0 unspecified atom stereocenters. The van der Waals surface area contributed by atoms with Gasteiger partial charge in [0.1, 0.15) is 12.0 Å². The van der Waals surface area contributed by atoms with E-state index in [9.17, 15) is 0 Å². The lowest BCUT2D eigenvalue weighted by atomic mass is 9.70. The monoisotopic (exact) mass is 479 g/mol. The van der Waals surface area contributed by atoms with Crippen molar-refractivity contribution in [1.82, 2.24) is 15.0 Å². The Bertz CT molecular complexity index is 1670. The number of benzene rings is 3. The molecule has 1 aliphatic carbocycles. The second-order valence-electron chi connectivity index (χ2n) is 8.91. The molecule has 3 heterocycles. The number of fused-ring (bicyclic) bond motifs is 3. The molecular formula is C32H21N3O2. The van der Waals surface area contributed by atoms with Gasteiger partial charge in [0.25, 0.3) is 5.95 Å². The first-order valence-corrected chi connectivity index (χ1v) is 12.1. The molecule has 5 heteroatoms. The third kappa shape index (κ3) is 3.36. The average Bonchev–Trinajstić information content (AvgIpc) is 3.55. The van der Waals surface area contributed by atoms with Gasteiger partial charge in [0.2, 0.25) is 0 Å². The number of ether oxygens (including phenoxy) is 1. The summed E-state index contributed by atoms with van der Waals surface area (Å²) in [6.07, 6.45) is 6.87. The standard InChI is InChI=1S/C32H21N3O2/c1-3-13-27-25(11-1)26-12-2-4-14-28(26)32(27,29-15-5-6-16-33-29)23-9-7-10-24(20-23)37-30-19-22(21-36-30)31-34-17-8-18-35-31/h1-21H. The highest BCUT2D eigenvalue weighted by atomic mass is 16.6. The number of pyridine rings is 1. The van der Waals surface area contributed by atoms with Crippen LogP contribution in [-0.2, 0) is 5.41 Å². The Morgan fingerprint density at radius 3 is 2.05 bits per heavy atom. The van der Waals surface area contributed by atoms with Crippen LogP contribution in [0, 0.1) is 0 Å². The first kappa shape index (κ1) is 21.3. The fraction of sp³-hybridized carbons (Fsp3) is 0.0312. The molecular weight excluding hydrogens is 458 g/mol. The molecule has 176 valence electrons. The summed E-state index contributed by atoms with van der Waals surface area (Å²) in [6.45, 7) is 0. The van der Waals surface area contributed by atoms with Gasteiger partial charge in [-0.3, -0.25) is 4.98 Å². The van der Waals surface area contributed by atoms with Crippen molar-refractivity contribution < 1.29 is 9.15 Å². The summed E-state index contributed by atoms with van der Waals surface area (Å²) in [5.74, 6) is 1.63. The van der Waals surface area contributed by atoms with Crippen molar-refractivity contribution in [2.24, 2.45) is 0 Å². The quantitative estimate of drug-likeness (QED) is 0.259. The molecule has 3 aromatic heterocycles. The smallest absolute Gasteiger partial charge is 0.290 e. The number of aromatic nitrogens is 3. The SMILES string of the molecule is c1ccc(C2(c3cccc(Oc4cc(-c5ncccn5)co4)c3)c3ccccc3-c3ccccc32)nc1. The Balaban J connectivity index is 1.37. The highest BCUT2D eigenvalue weighted by molar-refractivity contribution is 5.85. The highest BCUT2D eigenvalue weighted by Crippen LogP contribution is 2.55. The van der Waals surface area contributed by atoms with Gasteiger partial charge in [-0.15, -0.1) is 0 Å². The van der Waals surface area contributed by atoms with Gasteiger partial charge in [-0.2, -0.15) is 0 Å². The lowest BCUT2D eigenvalue weighted by Gasteiger charge is -2.32. The molecule has 6 aromatic rings. The first-order valence-electron chi connectivity index (χ1n) is 12.1. The van der Waals surface area contributed by atoms with Gasteiger partial charge in [0.15, 0.2) is 5.82 Å². The van der Waals surface area contributed by atoms with Gasteiger partial charge in [0.05, 0.1) is 16.7 Å². The zero-order valence-corrected chi connectivity index (χ0v) is 19.8. The molecule has 0 radical (unpaired) electrons. The van der Waals surface area contributed by atoms with Crippen molar-refractivity contribution in [3.8, 4) is 34.2 Å². The minimum Gasteiger partial charge on any atom is -0.433 e. The maximum Gasteiger partial charge on any atom is 0.290 e. The van der Waals surface area contributed by atoms with Crippen molar-refractivity contribution in [3.63, 3.8) is 0 Å². The Morgan fingerprint density at radius 1 is 0.622 bits per heavy atom. The topological polar surface area (TPSA) is 61.0 Å². The lowest BCUT2D eigenvalue weighted by Crippen LogP contribution is -2.29. The van der Waals surface area contributed by atoms with E-state index in [0.717, 1.165) is 16.8 Å². The predicted molar refractivity (Wildman–Crippen MR) is 141 cm³/mol. The molecule has 1 aliphatic rings. The molecule has 37 heavy (non-hydrogen) atoms. The summed E-state index contributed by atoms with van der Waals surface area (Å²) in [5, 5.41) is 0. The maximum absolute atomic E-state index is 6.19. The summed E-state index contributed by atoms with van der Waals surface area (Å²) >= 11 is 0. The number of rotatable bonds is 5. The highest BCUT2D eigenvalue weighted by Gasteiger charge is 2.47. The van der Waals surface area contributed by atoms with E-state index in [2.05, 4.69) is 76.7 Å². The second-order valence-corrected chi connectivity index (χ2v) is 8.91. The van der Waals surface area contributed by atoms with E-state index in [0.29, 0.717) is 17.5 Å². The summed E-state index contributed by atoms with van der Waals surface area (Å²) in [6, 6.07) is 35.0. The average molecular weight is 480 g/mol. The first-order chi connectivity index (χ1) is 18.3. The van der Waals surface area contributed by atoms with E-state index in [1.807, 2.05) is 30.5 Å². The molecule has 0 bridgehead atoms. The molecule has 3 aromatic carbocycles. The summed E-state index contributed by atoms with van der Waals surface area (Å²) in [5.41, 5.74) is 7.05. The summed E-state index contributed by atoms with van der Waals surface area (Å²) in [7, 11) is 0. The number of nitrogens with zero attached hydrogens (tertiary/aromatic N) is 3. The zero-order valence-electron chi connectivity index (χ0n) is 19.8. The van der Waals surface area contributed by atoms with Crippen molar-refractivity contribution in [2.75, 3.05) is 0 Å². The van der Waals surface area contributed by atoms with E-state index in [1.165, 1.54) is 22.3 Å². The number of hydrogen-bond acceptors (Lipinski definition) is 5. The Kier molecular flexibility index (Phi) is 4.93. The molecule has 0 aliphatic heterocycles. The minimum atomic E-state index is -0.583. The van der Waals surface area contributed by atoms with Gasteiger partial charge >= 0.3 is 0 Å². The molecule has 5 nitrogen and oxygen atoms in total. The normalized spacial score (nSPS) is 13.1. The third-order valence-corrected chi connectivity index (χ3v) is 6.89. The van der Waals surface area contributed by atoms with Crippen LogP contribution in [0.5, 0.6) is 11.7 Å². The van der Waals surface area contributed by atoms with Crippen LogP contribution in [0.3, 0.4) is 0 Å². The van der Waals surface area contributed by atoms with Crippen molar-refractivity contribution in [2.45, 2.75) is 5.41 Å². The van der Waals surface area contributed by atoms with Crippen LogP contribution >= 0.6 is 0 Å². The van der Waals surface area contributed by atoms with Crippen LogP contribution in [0.25, 0.3) is 22.5 Å². The Hall–Kier alpha value is -5.03. The number of hydrogen-bond donors (Lipinski definition) is 0. The summed E-state index contributed by atoms with van der Waals surface area (Å²) in [4.78, 5) is 13.5. The van der Waals surface area contributed by atoms with Gasteiger partial charge in [0, 0.05) is 24.7 Å². The molecule has 0 saturated carbocycles.